The number of amides is 3. The van der Waals surface area contributed by atoms with Crippen molar-refractivity contribution in [2.24, 2.45) is 5.92 Å². The maximum absolute atomic E-state index is 13.7. The van der Waals surface area contributed by atoms with E-state index < -0.39 is 18.0 Å². The van der Waals surface area contributed by atoms with Gasteiger partial charge >= 0.3 is 0 Å². The first-order valence-electron chi connectivity index (χ1n) is 12.3. The second-order valence-corrected chi connectivity index (χ2v) is 9.50. The van der Waals surface area contributed by atoms with Crippen molar-refractivity contribution in [3.05, 3.63) is 60.0 Å². The maximum atomic E-state index is 13.7. The fourth-order valence-corrected chi connectivity index (χ4v) is 5.31. The van der Waals surface area contributed by atoms with Crippen LogP contribution in [0.15, 0.2) is 48.8 Å². The Balaban J connectivity index is 1.40. The molecule has 190 valence electrons. The Morgan fingerprint density at radius 2 is 2.19 bits per heavy atom. The number of nitrogens with one attached hydrogen (secondary N) is 3. The van der Waals surface area contributed by atoms with Crippen LogP contribution < -0.4 is 15.4 Å². The van der Waals surface area contributed by atoms with Crippen molar-refractivity contribution in [2.45, 2.75) is 37.3 Å². The van der Waals surface area contributed by atoms with Gasteiger partial charge in [0.2, 0.25) is 11.8 Å². The third-order valence-corrected chi connectivity index (χ3v) is 7.25. The van der Waals surface area contributed by atoms with Crippen LogP contribution in [-0.4, -0.2) is 64.9 Å². The number of carbonyl (C=O) groups excluding carboxylic acids is 3. The van der Waals surface area contributed by atoms with Gasteiger partial charge in [-0.1, -0.05) is 12.1 Å². The molecular formula is C27H28N6O4. The molecule has 0 saturated carbocycles. The SMILES string of the molecule is COc1cccc2[nH]c(C(=O)N3CC(c4cccnc4)CC3C(=O)NC(C#N)CC3CCNC3=O)cc12. The van der Waals surface area contributed by atoms with Gasteiger partial charge in [0.15, 0.2) is 0 Å². The van der Waals surface area contributed by atoms with Crippen molar-refractivity contribution in [2.75, 3.05) is 20.2 Å². The molecule has 3 aromatic rings. The molecule has 0 bridgehead atoms. The number of benzene rings is 1. The minimum Gasteiger partial charge on any atom is -0.496 e. The summed E-state index contributed by atoms with van der Waals surface area (Å²) in [4.78, 5) is 48.1. The molecule has 5 rings (SSSR count). The van der Waals surface area contributed by atoms with Crippen LogP contribution in [0.4, 0.5) is 0 Å². The van der Waals surface area contributed by atoms with Crippen LogP contribution in [0.2, 0.25) is 0 Å². The highest BCUT2D eigenvalue weighted by Gasteiger charge is 2.42. The first kappa shape index (κ1) is 24.3. The summed E-state index contributed by atoms with van der Waals surface area (Å²) in [6.45, 7) is 0.903. The van der Waals surface area contributed by atoms with Gasteiger partial charge in [-0.25, -0.2) is 0 Å². The number of aromatic nitrogens is 2. The van der Waals surface area contributed by atoms with Gasteiger partial charge in [-0.2, -0.15) is 5.26 Å². The molecule has 10 heteroatoms. The summed E-state index contributed by atoms with van der Waals surface area (Å²) in [5.74, 6) is -0.571. The highest BCUT2D eigenvalue weighted by Crippen LogP contribution is 2.34. The topological polar surface area (TPSA) is 140 Å². The van der Waals surface area contributed by atoms with E-state index >= 15 is 0 Å². The van der Waals surface area contributed by atoms with E-state index in [9.17, 15) is 19.6 Å². The molecule has 10 nitrogen and oxygen atoms in total. The number of fused-ring (bicyclic) bond motifs is 1. The monoisotopic (exact) mass is 500 g/mol. The van der Waals surface area contributed by atoms with Crippen LogP contribution in [0, 0.1) is 17.2 Å². The van der Waals surface area contributed by atoms with Crippen LogP contribution in [0.25, 0.3) is 10.9 Å². The largest absolute Gasteiger partial charge is 0.496 e. The number of methoxy groups -OCH3 is 1. The van der Waals surface area contributed by atoms with E-state index in [4.69, 9.17) is 4.74 Å². The lowest BCUT2D eigenvalue weighted by Crippen LogP contribution is -2.49. The molecule has 2 aliphatic heterocycles. The quantitative estimate of drug-likeness (QED) is 0.454. The molecule has 0 spiro atoms. The molecular weight excluding hydrogens is 472 g/mol. The summed E-state index contributed by atoms with van der Waals surface area (Å²) in [7, 11) is 1.57. The average molecular weight is 501 g/mol. The van der Waals surface area contributed by atoms with E-state index in [0.717, 1.165) is 16.5 Å². The molecule has 2 aromatic heterocycles. The molecule has 3 amide bonds. The Labute approximate surface area is 214 Å². The van der Waals surface area contributed by atoms with Gasteiger partial charge in [0.1, 0.15) is 23.5 Å². The van der Waals surface area contributed by atoms with Gasteiger partial charge in [-0.3, -0.25) is 19.4 Å². The Hall–Kier alpha value is -4.39. The summed E-state index contributed by atoms with van der Waals surface area (Å²) < 4.78 is 5.42. The van der Waals surface area contributed by atoms with E-state index in [0.29, 0.717) is 37.4 Å². The second kappa shape index (κ2) is 10.3. The number of nitrogens with zero attached hydrogens (tertiary/aromatic N) is 3. The highest BCUT2D eigenvalue weighted by molar-refractivity contribution is 6.02. The molecule has 1 aromatic carbocycles. The summed E-state index contributed by atoms with van der Waals surface area (Å²) in [6.07, 6.45) is 4.70. The predicted molar refractivity (Wildman–Crippen MR) is 135 cm³/mol. The van der Waals surface area contributed by atoms with Crippen molar-refractivity contribution < 1.29 is 19.1 Å². The number of nitriles is 1. The summed E-state index contributed by atoms with van der Waals surface area (Å²) in [5.41, 5.74) is 2.04. The Morgan fingerprint density at radius 1 is 1.32 bits per heavy atom. The lowest BCUT2D eigenvalue weighted by Gasteiger charge is -2.25. The fraction of sp³-hybridized carbons (Fsp3) is 0.370. The van der Waals surface area contributed by atoms with Crippen LogP contribution >= 0.6 is 0 Å². The van der Waals surface area contributed by atoms with Crippen LogP contribution in [0.1, 0.15) is 41.2 Å². The number of H-pyrrole nitrogens is 1. The lowest BCUT2D eigenvalue weighted by atomic mass is 9.96. The molecule has 3 N–H and O–H groups in total. The van der Waals surface area contributed by atoms with Gasteiger partial charge in [0.25, 0.3) is 5.91 Å². The first-order chi connectivity index (χ1) is 18.0. The standard InChI is InChI=1S/C27H28N6O4/c1-37-24-6-2-5-21-20(24)12-22(32-21)27(36)33-15-18(17-4-3-8-29-14-17)11-23(33)26(35)31-19(13-28)10-16-7-9-30-25(16)34/h2-6,8,12,14,16,18-19,23,32H,7,9-11,15H2,1H3,(H,30,34)(H,31,35). The Kier molecular flexibility index (Phi) is 6.77. The van der Waals surface area contributed by atoms with Crippen molar-refractivity contribution in [1.29, 1.82) is 5.26 Å². The number of hydrogen-bond acceptors (Lipinski definition) is 6. The van der Waals surface area contributed by atoms with E-state index in [1.807, 2.05) is 30.3 Å². The Bertz CT molecular complexity index is 1360. The zero-order valence-electron chi connectivity index (χ0n) is 20.4. The molecule has 2 saturated heterocycles. The number of carbonyl (C=O) groups is 3. The number of hydrogen-bond donors (Lipinski definition) is 3. The molecule has 4 unspecified atom stereocenters. The third-order valence-electron chi connectivity index (χ3n) is 7.25. The van der Waals surface area contributed by atoms with E-state index in [1.54, 1.807) is 30.5 Å². The number of likely N-dealkylation sites (tertiary alicyclic amines) is 1. The van der Waals surface area contributed by atoms with Crippen LogP contribution in [0.3, 0.4) is 0 Å². The summed E-state index contributed by atoms with van der Waals surface area (Å²) >= 11 is 0. The minimum atomic E-state index is -0.826. The molecule has 0 aliphatic carbocycles. The molecule has 2 fully saturated rings. The molecule has 4 atom stereocenters. The number of aromatic amines is 1. The molecule has 37 heavy (non-hydrogen) atoms. The van der Waals surface area contributed by atoms with Crippen molar-refractivity contribution in [3.63, 3.8) is 0 Å². The lowest BCUT2D eigenvalue weighted by molar-refractivity contribution is -0.126. The molecule has 0 radical (unpaired) electrons. The molecule has 4 heterocycles. The number of rotatable bonds is 7. The zero-order valence-corrected chi connectivity index (χ0v) is 20.4. The highest BCUT2D eigenvalue weighted by atomic mass is 16.5. The van der Waals surface area contributed by atoms with E-state index in [2.05, 4.69) is 26.7 Å². The fourth-order valence-electron chi connectivity index (χ4n) is 5.31. The van der Waals surface area contributed by atoms with Gasteiger partial charge in [-0.15, -0.1) is 0 Å². The normalized spacial score (nSPS) is 21.9. The van der Waals surface area contributed by atoms with Crippen molar-refractivity contribution >= 4 is 28.6 Å². The predicted octanol–water partition coefficient (Wildman–Crippen LogP) is 2.10. The van der Waals surface area contributed by atoms with Gasteiger partial charge < -0.3 is 25.3 Å². The Morgan fingerprint density at radius 3 is 2.89 bits per heavy atom. The van der Waals surface area contributed by atoms with E-state index in [1.165, 1.54) is 0 Å². The van der Waals surface area contributed by atoms with Gasteiger partial charge in [0, 0.05) is 48.2 Å². The van der Waals surface area contributed by atoms with Gasteiger partial charge in [0.05, 0.1) is 13.2 Å². The van der Waals surface area contributed by atoms with Crippen molar-refractivity contribution in [3.8, 4) is 11.8 Å². The third kappa shape index (κ3) is 4.85. The summed E-state index contributed by atoms with van der Waals surface area (Å²) in [5, 5.41) is 16.0. The van der Waals surface area contributed by atoms with Crippen LogP contribution in [-0.2, 0) is 9.59 Å². The van der Waals surface area contributed by atoms with E-state index in [-0.39, 0.29) is 30.1 Å². The maximum Gasteiger partial charge on any atom is 0.271 e. The summed E-state index contributed by atoms with van der Waals surface area (Å²) in [6, 6.07) is 11.5. The second-order valence-electron chi connectivity index (χ2n) is 9.50. The first-order valence-corrected chi connectivity index (χ1v) is 12.3. The smallest absolute Gasteiger partial charge is 0.271 e. The number of pyridine rings is 1. The van der Waals surface area contributed by atoms with Crippen LogP contribution in [0.5, 0.6) is 5.75 Å². The van der Waals surface area contributed by atoms with Gasteiger partial charge in [-0.05, 0) is 49.1 Å². The average Bonchev–Trinajstić information content (AvgIpc) is 3.66. The minimum absolute atomic E-state index is 0.0894. The number of ether oxygens (including phenoxy) is 1. The molecule has 2 aliphatic rings. The zero-order chi connectivity index (χ0) is 25.9. The van der Waals surface area contributed by atoms with Crippen molar-refractivity contribution in [1.82, 2.24) is 25.5 Å².